The Kier molecular flexibility index (Phi) is 5.14. The van der Waals surface area contributed by atoms with Crippen LogP contribution in [0.3, 0.4) is 0 Å². The lowest BCUT2D eigenvalue weighted by Gasteiger charge is -2.40. The lowest BCUT2D eigenvalue weighted by molar-refractivity contribution is 0.0878. The first-order chi connectivity index (χ1) is 11.7. The summed E-state index contributed by atoms with van der Waals surface area (Å²) in [5.74, 6) is 1.01. The average molecular weight is 331 g/mol. The molecule has 0 aromatic carbocycles. The van der Waals surface area contributed by atoms with Crippen LogP contribution in [-0.4, -0.2) is 67.9 Å². The van der Waals surface area contributed by atoms with E-state index in [0.29, 0.717) is 19.6 Å². The Morgan fingerprint density at radius 3 is 2.88 bits per heavy atom. The maximum atomic E-state index is 12.5. The van der Waals surface area contributed by atoms with E-state index in [-0.39, 0.29) is 12.1 Å². The van der Waals surface area contributed by atoms with Crippen molar-refractivity contribution in [3.05, 3.63) is 36.7 Å². The average Bonchev–Trinajstić information content (AvgIpc) is 3.25. The van der Waals surface area contributed by atoms with Crippen molar-refractivity contribution >= 4 is 6.03 Å². The molecular weight excluding hydrogens is 306 g/mol. The van der Waals surface area contributed by atoms with Crippen molar-refractivity contribution in [2.24, 2.45) is 7.05 Å². The number of carbonyl (C=O) groups excluding carboxylic acids is 1. The highest BCUT2D eigenvalue weighted by molar-refractivity contribution is 5.74. The van der Waals surface area contributed by atoms with Gasteiger partial charge < -0.3 is 14.8 Å². The molecule has 1 saturated heterocycles. The maximum Gasteiger partial charge on any atom is 0.317 e. The van der Waals surface area contributed by atoms with Gasteiger partial charge in [-0.15, -0.1) is 0 Å². The number of hydrogen-bond acceptors (Lipinski definition) is 4. The number of urea groups is 1. The first-order valence-corrected chi connectivity index (χ1v) is 8.40. The summed E-state index contributed by atoms with van der Waals surface area (Å²) in [5, 5.41) is 7.12. The summed E-state index contributed by atoms with van der Waals surface area (Å²) in [5.41, 5.74) is 0. The van der Waals surface area contributed by atoms with Crippen LogP contribution in [0.4, 0.5) is 4.79 Å². The summed E-state index contributed by atoms with van der Waals surface area (Å²) < 4.78 is 3.85. The zero-order chi connectivity index (χ0) is 16.9. The summed E-state index contributed by atoms with van der Waals surface area (Å²) in [6.07, 6.45) is 7.39. The van der Waals surface area contributed by atoms with E-state index in [1.807, 2.05) is 45.9 Å². The van der Waals surface area contributed by atoms with Crippen molar-refractivity contribution < 1.29 is 4.79 Å². The summed E-state index contributed by atoms with van der Waals surface area (Å²) in [4.78, 5) is 21.2. The van der Waals surface area contributed by atoms with Crippen LogP contribution in [0.5, 0.6) is 0 Å². The van der Waals surface area contributed by atoms with E-state index in [0.717, 1.165) is 25.5 Å². The van der Waals surface area contributed by atoms with Crippen LogP contribution in [0.25, 0.3) is 0 Å². The zero-order valence-electron chi connectivity index (χ0n) is 14.3. The third kappa shape index (κ3) is 3.59. The van der Waals surface area contributed by atoms with E-state index in [2.05, 4.69) is 27.2 Å². The molecule has 0 radical (unpaired) electrons. The number of nitrogens with zero attached hydrogens (tertiary/aromatic N) is 6. The van der Waals surface area contributed by atoms with Crippen molar-refractivity contribution in [1.29, 1.82) is 0 Å². The zero-order valence-corrected chi connectivity index (χ0v) is 14.3. The smallest absolute Gasteiger partial charge is 0.317 e. The van der Waals surface area contributed by atoms with Gasteiger partial charge >= 0.3 is 6.03 Å². The second-order valence-corrected chi connectivity index (χ2v) is 5.99. The highest BCUT2D eigenvalue weighted by atomic mass is 16.2. The first-order valence-electron chi connectivity index (χ1n) is 8.40. The van der Waals surface area contributed by atoms with Gasteiger partial charge in [0, 0.05) is 58.0 Å². The van der Waals surface area contributed by atoms with Crippen molar-refractivity contribution in [3.63, 3.8) is 0 Å². The summed E-state index contributed by atoms with van der Waals surface area (Å²) in [7, 11) is 2.00. The number of imidazole rings is 1. The van der Waals surface area contributed by atoms with Crippen molar-refractivity contribution in [2.75, 3.05) is 32.7 Å². The van der Waals surface area contributed by atoms with E-state index in [9.17, 15) is 4.79 Å². The van der Waals surface area contributed by atoms with E-state index < -0.39 is 0 Å². The predicted molar refractivity (Wildman–Crippen MR) is 90.4 cm³/mol. The van der Waals surface area contributed by atoms with Crippen LogP contribution in [0.2, 0.25) is 0 Å². The molecule has 0 bridgehead atoms. The van der Waals surface area contributed by atoms with Gasteiger partial charge in [0.1, 0.15) is 5.82 Å². The Morgan fingerprint density at radius 1 is 1.33 bits per heavy atom. The molecular formula is C16H25N7O. The molecule has 0 spiro atoms. The van der Waals surface area contributed by atoms with Crippen LogP contribution in [0.1, 0.15) is 18.8 Å². The highest BCUT2D eigenvalue weighted by Crippen LogP contribution is 2.23. The van der Waals surface area contributed by atoms with Gasteiger partial charge in [0.05, 0.1) is 12.6 Å². The van der Waals surface area contributed by atoms with Crippen LogP contribution >= 0.6 is 0 Å². The molecule has 3 heterocycles. The van der Waals surface area contributed by atoms with Gasteiger partial charge in [-0.25, -0.2) is 9.78 Å². The van der Waals surface area contributed by atoms with Crippen LogP contribution in [-0.2, 0) is 13.6 Å². The number of likely N-dealkylation sites (N-methyl/N-ethyl adjacent to an activating group) is 1. The minimum atomic E-state index is -0.0166. The molecule has 24 heavy (non-hydrogen) atoms. The summed E-state index contributed by atoms with van der Waals surface area (Å²) >= 11 is 0. The number of carbonyl (C=O) groups is 1. The Hall–Kier alpha value is -2.35. The van der Waals surface area contributed by atoms with Gasteiger partial charge in [-0.2, -0.15) is 5.10 Å². The number of aryl methyl sites for hydroxylation is 1. The molecule has 130 valence electrons. The van der Waals surface area contributed by atoms with E-state index >= 15 is 0 Å². The van der Waals surface area contributed by atoms with Crippen LogP contribution < -0.4 is 5.32 Å². The Labute approximate surface area is 142 Å². The lowest BCUT2D eigenvalue weighted by atomic mass is 10.1. The van der Waals surface area contributed by atoms with Gasteiger partial charge in [0.25, 0.3) is 0 Å². The number of aromatic nitrogens is 4. The molecule has 8 nitrogen and oxygen atoms in total. The lowest BCUT2D eigenvalue weighted by Crippen LogP contribution is -2.53. The van der Waals surface area contributed by atoms with Crippen molar-refractivity contribution in [2.45, 2.75) is 19.5 Å². The molecule has 2 aromatic heterocycles. The van der Waals surface area contributed by atoms with E-state index in [4.69, 9.17) is 0 Å². The third-order valence-corrected chi connectivity index (χ3v) is 4.52. The first kappa shape index (κ1) is 16.5. The monoisotopic (exact) mass is 331 g/mol. The van der Waals surface area contributed by atoms with Gasteiger partial charge in [0.15, 0.2) is 0 Å². The second-order valence-electron chi connectivity index (χ2n) is 5.99. The van der Waals surface area contributed by atoms with Crippen molar-refractivity contribution in [3.8, 4) is 0 Å². The summed E-state index contributed by atoms with van der Waals surface area (Å²) in [6, 6.07) is 2.00. The standard InChI is InChI=1S/C16H25N7O/c1-3-21-11-12-22(13-14(21)15-17-6-9-20(15)2)16(24)18-7-10-23-8-4-5-19-23/h4-6,8-9,14H,3,7,10-13H2,1-2H3,(H,18,24)/t14-/m0/s1. The maximum absolute atomic E-state index is 12.5. The summed E-state index contributed by atoms with van der Waals surface area (Å²) in [6.45, 7) is 6.61. The molecule has 3 rings (SSSR count). The molecule has 1 aliphatic heterocycles. The van der Waals surface area contributed by atoms with Gasteiger partial charge in [0.2, 0.25) is 0 Å². The van der Waals surface area contributed by atoms with Crippen molar-refractivity contribution in [1.82, 2.24) is 34.4 Å². The third-order valence-electron chi connectivity index (χ3n) is 4.52. The molecule has 2 aromatic rings. The number of hydrogen-bond donors (Lipinski definition) is 1. The fourth-order valence-corrected chi connectivity index (χ4v) is 3.15. The fraction of sp³-hybridized carbons (Fsp3) is 0.562. The quantitative estimate of drug-likeness (QED) is 0.876. The van der Waals surface area contributed by atoms with Crippen LogP contribution in [0.15, 0.2) is 30.9 Å². The van der Waals surface area contributed by atoms with Gasteiger partial charge in [-0.3, -0.25) is 9.58 Å². The Morgan fingerprint density at radius 2 is 2.21 bits per heavy atom. The second kappa shape index (κ2) is 7.48. The normalized spacial score (nSPS) is 18.8. The predicted octanol–water partition coefficient (Wildman–Crippen LogP) is 0.705. The van der Waals surface area contributed by atoms with E-state index in [1.54, 1.807) is 6.20 Å². The molecule has 8 heteroatoms. The number of rotatable bonds is 5. The molecule has 2 amide bonds. The van der Waals surface area contributed by atoms with Crippen LogP contribution in [0, 0.1) is 0 Å². The Balaban J connectivity index is 1.58. The topological polar surface area (TPSA) is 71.2 Å². The Bertz CT molecular complexity index is 651. The molecule has 0 aliphatic carbocycles. The molecule has 1 N–H and O–H groups in total. The molecule has 1 fully saturated rings. The minimum absolute atomic E-state index is 0.0166. The van der Waals surface area contributed by atoms with E-state index in [1.165, 1.54) is 0 Å². The SMILES string of the molecule is CCN1CCN(C(=O)NCCn2cccn2)C[C@H]1c1nccn1C. The van der Waals surface area contributed by atoms with Gasteiger partial charge in [-0.1, -0.05) is 6.92 Å². The molecule has 0 saturated carbocycles. The largest absolute Gasteiger partial charge is 0.337 e. The number of piperazine rings is 1. The fourth-order valence-electron chi connectivity index (χ4n) is 3.15. The highest BCUT2D eigenvalue weighted by Gasteiger charge is 2.31. The molecule has 1 atom stereocenters. The molecule has 0 unspecified atom stereocenters. The minimum Gasteiger partial charge on any atom is -0.337 e. The van der Waals surface area contributed by atoms with Gasteiger partial charge in [-0.05, 0) is 12.6 Å². The number of nitrogens with one attached hydrogen (secondary N) is 1. The number of amides is 2. The molecule has 1 aliphatic rings.